The number of halogens is 4. The molecule has 3 heterocycles. The monoisotopic (exact) mass is 503 g/mol. The molecule has 35 heavy (non-hydrogen) atoms. The highest BCUT2D eigenvalue weighted by molar-refractivity contribution is 7.97. The Hall–Kier alpha value is -2.59. The van der Waals surface area contributed by atoms with Crippen LogP contribution in [0.25, 0.3) is 0 Å². The fourth-order valence-corrected chi connectivity index (χ4v) is 7.08. The molecule has 3 aliphatic rings. The van der Waals surface area contributed by atoms with Crippen LogP contribution in [0.3, 0.4) is 0 Å². The van der Waals surface area contributed by atoms with Crippen molar-refractivity contribution in [3.63, 3.8) is 0 Å². The molecule has 1 aromatic heterocycles. The average Bonchev–Trinajstić information content (AvgIpc) is 3.22. The summed E-state index contributed by atoms with van der Waals surface area (Å²) in [5.74, 6) is 0.517. The second kappa shape index (κ2) is 8.81. The van der Waals surface area contributed by atoms with Gasteiger partial charge in [0.25, 0.3) is 0 Å². The van der Waals surface area contributed by atoms with Crippen molar-refractivity contribution >= 4 is 17.6 Å². The Kier molecular flexibility index (Phi) is 5.75. The molecule has 3 fully saturated rings. The molecule has 2 saturated heterocycles. The first kappa shape index (κ1) is 22.8. The van der Waals surface area contributed by atoms with Crippen LogP contribution in [0.4, 0.5) is 23.2 Å². The highest BCUT2D eigenvalue weighted by Crippen LogP contribution is 2.55. The van der Waals surface area contributed by atoms with E-state index in [1.807, 2.05) is 41.0 Å². The lowest BCUT2D eigenvalue weighted by atomic mass is 10.0. The zero-order valence-electron chi connectivity index (χ0n) is 18.9. The van der Waals surface area contributed by atoms with Crippen LogP contribution in [0, 0.1) is 17.7 Å². The van der Waals surface area contributed by atoms with Crippen molar-refractivity contribution in [2.75, 3.05) is 18.0 Å². The van der Waals surface area contributed by atoms with E-state index < -0.39 is 18.0 Å². The third-order valence-corrected chi connectivity index (χ3v) is 8.94. The molecule has 1 saturated carbocycles. The SMILES string of the molecule is Fc1cc(N2C[C@@H]3C(n4cnnc4)[C@@H]3C2)ccc1CN1S[C@H](c2ccccc2)CC[C@@H]1C(F)(F)F. The number of hydrogen-bond acceptors (Lipinski definition) is 5. The minimum absolute atomic E-state index is 0.0000796. The van der Waals surface area contributed by atoms with E-state index in [1.165, 1.54) is 22.3 Å². The van der Waals surface area contributed by atoms with E-state index in [2.05, 4.69) is 15.1 Å². The fraction of sp³-hybridized carbons (Fsp3) is 0.440. The van der Waals surface area contributed by atoms with Gasteiger partial charge in [-0.2, -0.15) is 13.2 Å². The molecule has 5 atom stereocenters. The fourth-order valence-electron chi connectivity index (χ4n) is 5.65. The Morgan fingerprint density at radius 1 is 0.943 bits per heavy atom. The minimum atomic E-state index is -4.36. The summed E-state index contributed by atoms with van der Waals surface area (Å²) in [7, 11) is 0. The van der Waals surface area contributed by atoms with Gasteiger partial charge in [-0.1, -0.05) is 48.3 Å². The molecular formula is C25H25F4N5S. The summed E-state index contributed by atoms with van der Waals surface area (Å²) in [6.07, 6.45) is -0.457. The van der Waals surface area contributed by atoms with Crippen molar-refractivity contribution in [1.82, 2.24) is 19.1 Å². The summed E-state index contributed by atoms with van der Waals surface area (Å²) >= 11 is 1.18. The van der Waals surface area contributed by atoms with Crippen molar-refractivity contribution in [2.45, 2.75) is 42.9 Å². The van der Waals surface area contributed by atoms with E-state index in [-0.39, 0.29) is 23.8 Å². The van der Waals surface area contributed by atoms with Gasteiger partial charge in [0, 0.05) is 54.0 Å². The van der Waals surface area contributed by atoms with E-state index in [9.17, 15) is 13.2 Å². The summed E-state index contributed by atoms with van der Waals surface area (Å²) < 4.78 is 59.9. The third kappa shape index (κ3) is 4.42. The molecule has 6 rings (SSSR count). The number of nitrogens with zero attached hydrogens (tertiary/aromatic N) is 5. The number of piperidine rings is 1. The van der Waals surface area contributed by atoms with Crippen LogP contribution in [-0.2, 0) is 6.54 Å². The van der Waals surface area contributed by atoms with E-state index in [1.54, 1.807) is 18.7 Å². The van der Waals surface area contributed by atoms with Crippen molar-refractivity contribution in [1.29, 1.82) is 0 Å². The summed E-state index contributed by atoms with van der Waals surface area (Å²) in [5.41, 5.74) is 2.06. The molecule has 184 valence electrons. The highest BCUT2D eigenvalue weighted by atomic mass is 32.2. The quantitative estimate of drug-likeness (QED) is 0.333. The molecule has 2 aliphatic heterocycles. The topological polar surface area (TPSA) is 37.2 Å². The summed E-state index contributed by atoms with van der Waals surface area (Å²) in [4.78, 5) is 2.16. The van der Waals surface area contributed by atoms with Gasteiger partial charge in [0.15, 0.2) is 0 Å². The average molecular weight is 504 g/mol. The first-order chi connectivity index (χ1) is 16.9. The summed E-state index contributed by atoms with van der Waals surface area (Å²) in [5, 5.41) is 7.67. The number of fused-ring (bicyclic) bond motifs is 1. The van der Waals surface area contributed by atoms with Crippen LogP contribution >= 0.6 is 11.9 Å². The van der Waals surface area contributed by atoms with Crippen LogP contribution < -0.4 is 4.90 Å². The summed E-state index contributed by atoms with van der Waals surface area (Å²) in [6, 6.07) is 13.3. The van der Waals surface area contributed by atoms with Crippen molar-refractivity contribution in [3.8, 4) is 0 Å². The van der Waals surface area contributed by atoms with E-state index in [0.29, 0.717) is 24.3 Å². The molecule has 1 unspecified atom stereocenters. The molecule has 10 heteroatoms. The lowest BCUT2D eigenvalue weighted by Crippen LogP contribution is -2.44. The van der Waals surface area contributed by atoms with E-state index in [0.717, 1.165) is 24.3 Å². The van der Waals surface area contributed by atoms with Gasteiger partial charge in [0.1, 0.15) is 24.5 Å². The molecule has 0 N–H and O–H groups in total. The molecule has 0 radical (unpaired) electrons. The van der Waals surface area contributed by atoms with Gasteiger partial charge < -0.3 is 9.47 Å². The lowest BCUT2D eigenvalue weighted by Gasteiger charge is -2.39. The van der Waals surface area contributed by atoms with Crippen molar-refractivity contribution in [2.24, 2.45) is 11.8 Å². The van der Waals surface area contributed by atoms with Gasteiger partial charge in [-0.25, -0.2) is 8.70 Å². The molecule has 3 aromatic rings. The Bertz CT molecular complexity index is 1160. The van der Waals surface area contributed by atoms with E-state index >= 15 is 4.39 Å². The third-order valence-electron chi connectivity index (χ3n) is 7.52. The smallest absolute Gasteiger partial charge is 0.371 e. The predicted octanol–water partition coefficient (Wildman–Crippen LogP) is 5.64. The number of rotatable bonds is 5. The van der Waals surface area contributed by atoms with Crippen molar-refractivity contribution in [3.05, 3.63) is 78.1 Å². The molecule has 0 spiro atoms. The molecular weight excluding hydrogens is 478 g/mol. The summed E-state index contributed by atoms with van der Waals surface area (Å²) in [6.45, 7) is 1.55. The second-order valence-electron chi connectivity index (χ2n) is 9.62. The van der Waals surface area contributed by atoms with Gasteiger partial charge in [0.2, 0.25) is 0 Å². The van der Waals surface area contributed by atoms with Gasteiger partial charge >= 0.3 is 6.18 Å². The largest absolute Gasteiger partial charge is 0.404 e. The number of aromatic nitrogens is 3. The predicted molar refractivity (Wildman–Crippen MR) is 126 cm³/mol. The van der Waals surface area contributed by atoms with Crippen LogP contribution in [0.5, 0.6) is 0 Å². The van der Waals surface area contributed by atoms with Gasteiger partial charge in [-0.15, -0.1) is 10.2 Å². The number of anilines is 1. The Morgan fingerprint density at radius 3 is 2.31 bits per heavy atom. The normalized spacial score (nSPS) is 28.8. The molecule has 0 amide bonds. The standard InChI is InChI=1S/C25H25F4N5S/c26-21-10-18(32-12-19-20(13-32)24(19)33-14-30-31-15-33)7-6-17(21)11-34-23(25(27,28)29)9-8-22(35-34)16-4-2-1-3-5-16/h1-7,10,14-15,19-20,22-24H,8-9,11-13H2/t19-,20+,22-,23+,24?/m0/s1. The maximum absolute atomic E-state index is 15.1. The molecule has 1 aliphatic carbocycles. The Balaban J connectivity index is 1.15. The minimum Gasteiger partial charge on any atom is -0.371 e. The second-order valence-corrected chi connectivity index (χ2v) is 10.9. The first-order valence-electron chi connectivity index (χ1n) is 11.8. The molecule has 2 aromatic carbocycles. The van der Waals surface area contributed by atoms with Crippen LogP contribution in [0.15, 0.2) is 61.2 Å². The lowest BCUT2D eigenvalue weighted by molar-refractivity contribution is -0.174. The van der Waals surface area contributed by atoms with Crippen LogP contribution in [0.2, 0.25) is 0 Å². The number of benzene rings is 2. The molecule has 0 bridgehead atoms. The van der Waals surface area contributed by atoms with Crippen molar-refractivity contribution < 1.29 is 17.6 Å². The maximum atomic E-state index is 15.1. The van der Waals surface area contributed by atoms with Crippen LogP contribution in [0.1, 0.15) is 35.3 Å². The van der Waals surface area contributed by atoms with Gasteiger partial charge in [-0.3, -0.25) is 0 Å². The van der Waals surface area contributed by atoms with E-state index in [4.69, 9.17) is 0 Å². The van der Waals surface area contributed by atoms with Crippen LogP contribution in [-0.4, -0.2) is 44.4 Å². The highest BCUT2D eigenvalue weighted by Gasteiger charge is 2.57. The maximum Gasteiger partial charge on any atom is 0.404 e. The zero-order valence-corrected chi connectivity index (χ0v) is 19.7. The number of alkyl halides is 3. The first-order valence-corrected chi connectivity index (χ1v) is 12.6. The zero-order chi connectivity index (χ0) is 24.2. The van der Waals surface area contributed by atoms with Gasteiger partial charge in [0.05, 0.1) is 0 Å². The number of hydrogen-bond donors (Lipinski definition) is 0. The molecule has 5 nitrogen and oxygen atoms in total. The van der Waals surface area contributed by atoms with Gasteiger partial charge in [-0.05, 0) is 30.5 Å². The Morgan fingerprint density at radius 2 is 1.66 bits per heavy atom. The Labute approximate surface area is 205 Å².